The van der Waals surface area contributed by atoms with Crippen molar-refractivity contribution in [3.8, 4) is 6.07 Å². The minimum absolute atomic E-state index is 0.131. The standard InChI is InChI=1S/C12H17N3O2/c1-2-11(16)10-4-7-15(8-10)9-12(17)14-6-3-5-13/h4,7-8,11,16H,2-3,6,9H2,1H3,(H,14,17). The highest BCUT2D eigenvalue weighted by Crippen LogP contribution is 2.15. The van der Waals surface area contributed by atoms with E-state index in [1.165, 1.54) is 0 Å². The first-order valence-corrected chi connectivity index (χ1v) is 5.64. The quantitative estimate of drug-likeness (QED) is 0.721. The van der Waals surface area contributed by atoms with Gasteiger partial charge < -0.3 is 15.0 Å². The van der Waals surface area contributed by atoms with Crippen LogP contribution in [0.15, 0.2) is 18.5 Å². The minimum Gasteiger partial charge on any atom is -0.388 e. The van der Waals surface area contributed by atoms with Crippen LogP contribution in [-0.2, 0) is 11.3 Å². The first kappa shape index (κ1) is 13.3. The number of rotatable bonds is 6. The predicted octanol–water partition coefficient (Wildman–Crippen LogP) is 0.961. The molecule has 5 nitrogen and oxygen atoms in total. The van der Waals surface area contributed by atoms with E-state index < -0.39 is 6.10 Å². The third kappa shape index (κ3) is 4.29. The number of nitrogens with zero attached hydrogens (tertiary/aromatic N) is 2. The van der Waals surface area contributed by atoms with Gasteiger partial charge in [-0.15, -0.1) is 0 Å². The Hall–Kier alpha value is -1.80. The lowest BCUT2D eigenvalue weighted by Gasteiger charge is -2.05. The molecule has 0 aliphatic carbocycles. The molecule has 2 N–H and O–H groups in total. The number of aliphatic hydroxyl groups excluding tert-OH is 1. The van der Waals surface area contributed by atoms with Crippen LogP contribution in [0.5, 0.6) is 0 Å². The van der Waals surface area contributed by atoms with E-state index in [0.717, 1.165) is 5.56 Å². The van der Waals surface area contributed by atoms with Gasteiger partial charge in [-0.1, -0.05) is 6.92 Å². The molecule has 92 valence electrons. The predicted molar refractivity (Wildman–Crippen MR) is 62.9 cm³/mol. The molecule has 0 fully saturated rings. The van der Waals surface area contributed by atoms with E-state index >= 15 is 0 Å². The maximum atomic E-state index is 11.4. The average Bonchev–Trinajstić information content (AvgIpc) is 2.77. The van der Waals surface area contributed by atoms with Crippen LogP contribution >= 0.6 is 0 Å². The summed E-state index contributed by atoms with van der Waals surface area (Å²) in [7, 11) is 0. The molecule has 0 saturated heterocycles. The van der Waals surface area contributed by atoms with Crippen LogP contribution in [0.3, 0.4) is 0 Å². The zero-order valence-electron chi connectivity index (χ0n) is 9.89. The number of aliphatic hydroxyl groups is 1. The first-order chi connectivity index (χ1) is 8.17. The van der Waals surface area contributed by atoms with Crippen molar-refractivity contribution in [3.05, 3.63) is 24.0 Å². The van der Waals surface area contributed by atoms with Crippen molar-refractivity contribution in [2.24, 2.45) is 0 Å². The molecule has 0 bridgehead atoms. The summed E-state index contributed by atoms with van der Waals surface area (Å²) in [5.74, 6) is -0.131. The molecule has 1 atom stereocenters. The lowest BCUT2D eigenvalue weighted by atomic mass is 10.1. The summed E-state index contributed by atoms with van der Waals surface area (Å²) in [4.78, 5) is 11.4. The van der Waals surface area contributed by atoms with E-state index in [9.17, 15) is 9.90 Å². The number of hydrogen-bond acceptors (Lipinski definition) is 3. The second-order valence-corrected chi connectivity index (χ2v) is 3.80. The molecule has 0 aliphatic rings. The topological polar surface area (TPSA) is 78.1 Å². The van der Waals surface area contributed by atoms with E-state index in [4.69, 9.17) is 5.26 Å². The Bertz CT molecular complexity index is 406. The van der Waals surface area contributed by atoms with Crippen molar-refractivity contribution in [3.63, 3.8) is 0 Å². The normalized spacial score (nSPS) is 11.8. The van der Waals surface area contributed by atoms with Gasteiger partial charge in [0.2, 0.25) is 5.91 Å². The number of carbonyl (C=O) groups is 1. The van der Waals surface area contributed by atoms with Crippen molar-refractivity contribution in [1.29, 1.82) is 5.26 Å². The summed E-state index contributed by atoms with van der Waals surface area (Å²) in [5.41, 5.74) is 0.817. The van der Waals surface area contributed by atoms with Gasteiger partial charge in [0.15, 0.2) is 0 Å². The molecule has 0 aromatic carbocycles. The molecule has 5 heteroatoms. The van der Waals surface area contributed by atoms with Crippen LogP contribution < -0.4 is 5.32 Å². The van der Waals surface area contributed by atoms with Crippen LogP contribution in [0, 0.1) is 11.3 Å². The van der Waals surface area contributed by atoms with Gasteiger partial charge in [0.25, 0.3) is 0 Å². The van der Waals surface area contributed by atoms with Crippen molar-refractivity contribution < 1.29 is 9.90 Å². The number of nitrogens with one attached hydrogen (secondary N) is 1. The molecule has 0 spiro atoms. The van der Waals surface area contributed by atoms with Gasteiger partial charge in [0, 0.05) is 18.9 Å². The van der Waals surface area contributed by atoms with Crippen molar-refractivity contribution in [2.45, 2.75) is 32.4 Å². The van der Waals surface area contributed by atoms with Crippen LogP contribution in [0.4, 0.5) is 0 Å². The average molecular weight is 235 g/mol. The van der Waals surface area contributed by atoms with Gasteiger partial charge >= 0.3 is 0 Å². The van der Waals surface area contributed by atoms with Crippen LogP contribution in [-0.4, -0.2) is 22.1 Å². The third-order valence-corrected chi connectivity index (χ3v) is 2.43. The fourth-order valence-corrected chi connectivity index (χ4v) is 1.47. The number of amides is 1. The second-order valence-electron chi connectivity index (χ2n) is 3.80. The Morgan fingerprint density at radius 2 is 2.47 bits per heavy atom. The number of nitriles is 1. The maximum Gasteiger partial charge on any atom is 0.239 e. The molecule has 17 heavy (non-hydrogen) atoms. The van der Waals surface area contributed by atoms with E-state index in [2.05, 4.69) is 5.32 Å². The van der Waals surface area contributed by atoms with E-state index in [1.54, 1.807) is 23.0 Å². The summed E-state index contributed by atoms with van der Waals surface area (Å²) >= 11 is 0. The van der Waals surface area contributed by atoms with E-state index in [1.807, 2.05) is 13.0 Å². The second kappa shape index (κ2) is 6.71. The SMILES string of the molecule is CCC(O)c1ccn(CC(=O)NCCC#N)c1. The fourth-order valence-electron chi connectivity index (χ4n) is 1.47. The van der Waals surface area contributed by atoms with Gasteiger partial charge in [-0.3, -0.25) is 4.79 Å². The molecule has 0 saturated carbocycles. The van der Waals surface area contributed by atoms with Crippen molar-refractivity contribution in [1.82, 2.24) is 9.88 Å². The minimum atomic E-state index is -0.474. The summed E-state index contributed by atoms with van der Waals surface area (Å²) in [6, 6.07) is 3.76. The number of hydrogen-bond donors (Lipinski definition) is 2. The van der Waals surface area contributed by atoms with Crippen LogP contribution in [0.25, 0.3) is 0 Å². The smallest absolute Gasteiger partial charge is 0.239 e. The van der Waals surface area contributed by atoms with Gasteiger partial charge in [-0.05, 0) is 18.1 Å². The fraction of sp³-hybridized carbons (Fsp3) is 0.500. The van der Waals surface area contributed by atoms with E-state index in [-0.39, 0.29) is 12.5 Å². The summed E-state index contributed by atoms with van der Waals surface area (Å²) in [6.07, 6.45) is 4.02. The highest BCUT2D eigenvalue weighted by atomic mass is 16.3. The monoisotopic (exact) mass is 235 g/mol. The van der Waals surface area contributed by atoms with E-state index in [0.29, 0.717) is 19.4 Å². The Kier molecular flexibility index (Phi) is 5.24. The van der Waals surface area contributed by atoms with Crippen molar-refractivity contribution in [2.75, 3.05) is 6.54 Å². The Labute approximate surface area is 101 Å². The highest BCUT2D eigenvalue weighted by molar-refractivity contribution is 5.75. The molecular weight excluding hydrogens is 218 g/mol. The number of aromatic nitrogens is 1. The van der Waals surface area contributed by atoms with Gasteiger partial charge in [-0.2, -0.15) is 5.26 Å². The van der Waals surface area contributed by atoms with Crippen molar-refractivity contribution >= 4 is 5.91 Å². The Balaban J connectivity index is 2.44. The van der Waals surface area contributed by atoms with Gasteiger partial charge in [-0.25, -0.2) is 0 Å². The summed E-state index contributed by atoms with van der Waals surface area (Å²) in [6.45, 7) is 2.49. The zero-order chi connectivity index (χ0) is 12.7. The van der Waals surface area contributed by atoms with Gasteiger partial charge in [0.1, 0.15) is 6.54 Å². The Morgan fingerprint density at radius 3 is 3.12 bits per heavy atom. The number of carbonyl (C=O) groups excluding carboxylic acids is 1. The largest absolute Gasteiger partial charge is 0.388 e. The highest BCUT2D eigenvalue weighted by Gasteiger charge is 2.07. The zero-order valence-corrected chi connectivity index (χ0v) is 9.89. The molecule has 1 rings (SSSR count). The lowest BCUT2D eigenvalue weighted by molar-refractivity contribution is -0.121. The lowest BCUT2D eigenvalue weighted by Crippen LogP contribution is -2.27. The van der Waals surface area contributed by atoms with Crippen LogP contribution in [0.2, 0.25) is 0 Å². The van der Waals surface area contributed by atoms with Gasteiger partial charge in [0.05, 0.1) is 18.6 Å². The van der Waals surface area contributed by atoms with Crippen LogP contribution in [0.1, 0.15) is 31.4 Å². The molecule has 0 radical (unpaired) electrons. The summed E-state index contributed by atoms with van der Waals surface area (Å²) < 4.78 is 1.72. The molecule has 1 amide bonds. The third-order valence-electron chi connectivity index (χ3n) is 2.43. The maximum absolute atomic E-state index is 11.4. The molecule has 1 aromatic heterocycles. The Morgan fingerprint density at radius 1 is 1.71 bits per heavy atom. The molecule has 1 aromatic rings. The molecule has 1 unspecified atom stereocenters. The summed E-state index contributed by atoms with van der Waals surface area (Å²) in [5, 5.41) is 20.6. The molecule has 1 heterocycles. The first-order valence-electron chi connectivity index (χ1n) is 5.64. The molecule has 0 aliphatic heterocycles. The molecular formula is C12H17N3O2.